The van der Waals surface area contributed by atoms with Gasteiger partial charge >= 0.3 is 6.18 Å². The van der Waals surface area contributed by atoms with Crippen molar-refractivity contribution in [1.82, 2.24) is 5.32 Å². The maximum Gasteiger partial charge on any atom is 0.390 e. The molecule has 0 aliphatic carbocycles. The van der Waals surface area contributed by atoms with Crippen molar-refractivity contribution in [3.8, 4) is 5.75 Å². The number of hydrogen-bond acceptors (Lipinski definition) is 2. The van der Waals surface area contributed by atoms with E-state index in [0.29, 0.717) is 15.5 Å². The van der Waals surface area contributed by atoms with Crippen molar-refractivity contribution in [2.75, 3.05) is 6.54 Å². The molecule has 17 heavy (non-hydrogen) atoms. The van der Waals surface area contributed by atoms with Crippen LogP contribution in [0.4, 0.5) is 13.2 Å². The molecule has 0 spiro atoms. The number of alkyl halides is 3. The van der Waals surface area contributed by atoms with E-state index in [-0.39, 0.29) is 12.3 Å². The molecule has 1 aromatic carbocycles. The van der Waals surface area contributed by atoms with Gasteiger partial charge in [-0.1, -0.05) is 0 Å². The van der Waals surface area contributed by atoms with E-state index in [2.05, 4.69) is 37.2 Å². The normalized spacial score (nSPS) is 11.8. The Labute approximate surface area is 113 Å². The van der Waals surface area contributed by atoms with Gasteiger partial charge in [0.1, 0.15) is 5.75 Å². The summed E-state index contributed by atoms with van der Waals surface area (Å²) in [6.45, 7) is 0.188. The summed E-state index contributed by atoms with van der Waals surface area (Å²) in [5.74, 6) is 0.0732. The number of halogens is 5. The summed E-state index contributed by atoms with van der Waals surface area (Å²) >= 11 is 6.30. The Hall–Kier alpha value is -0.270. The third-order valence-corrected chi connectivity index (χ3v) is 3.20. The first kappa shape index (κ1) is 14.8. The lowest BCUT2D eigenvalue weighted by Crippen LogP contribution is -2.21. The Morgan fingerprint density at radius 2 is 1.71 bits per heavy atom. The van der Waals surface area contributed by atoms with Crippen LogP contribution in [0, 0.1) is 0 Å². The van der Waals surface area contributed by atoms with Gasteiger partial charge in [-0.3, -0.25) is 0 Å². The highest BCUT2D eigenvalue weighted by atomic mass is 79.9. The molecule has 0 saturated carbocycles. The Balaban J connectivity index is 2.48. The van der Waals surface area contributed by atoms with Crippen molar-refractivity contribution in [3.63, 3.8) is 0 Å². The predicted molar refractivity (Wildman–Crippen MR) is 65.9 cm³/mol. The molecule has 2 nitrogen and oxygen atoms in total. The Morgan fingerprint density at radius 3 is 2.18 bits per heavy atom. The van der Waals surface area contributed by atoms with Crippen LogP contribution in [-0.4, -0.2) is 17.8 Å². The molecular formula is C10H10Br2F3NO. The smallest absolute Gasteiger partial charge is 0.390 e. The van der Waals surface area contributed by atoms with Crippen LogP contribution in [0.15, 0.2) is 21.1 Å². The molecule has 0 aliphatic rings. The fourth-order valence-electron chi connectivity index (χ4n) is 1.18. The summed E-state index contributed by atoms with van der Waals surface area (Å²) in [5, 5.41) is 12.1. The van der Waals surface area contributed by atoms with Crippen LogP contribution in [0.1, 0.15) is 12.0 Å². The van der Waals surface area contributed by atoms with Gasteiger partial charge in [0, 0.05) is 13.1 Å². The molecular weight excluding hydrogens is 367 g/mol. The van der Waals surface area contributed by atoms with Gasteiger partial charge in [-0.2, -0.15) is 13.2 Å². The average molecular weight is 377 g/mol. The van der Waals surface area contributed by atoms with Crippen molar-refractivity contribution >= 4 is 31.9 Å². The molecule has 7 heteroatoms. The second-order valence-electron chi connectivity index (χ2n) is 3.45. The Morgan fingerprint density at radius 1 is 1.18 bits per heavy atom. The van der Waals surface area contributed by atoms with Crippen molar-refractivity contribution in [2.24, 2.45) is 0 Å². The predicted octanol–water partition coefficient (Wildman–Crippen LogP) is 3.96. The van der Waals surface area contributed by atoms with Crippen LogP contribution in [0.3, 0.4) is 0 Å². The van der Waals surface area contributed by atoms with Gasteiger partial charge in [-0.15, -0.1) is 0 Å². The minimum Gasteiger partial charge on any atom is -0.506 e. The van der Waals surface area contributed by atoms with E-state index in [1.165, 1.54) is 0 Å². The number of aromatic hydroxyl groups is 1. The van der Waals surface area contributed by atoms with Gasteiger partial charge in [-0.25, -0.2) is 0 Å². The van der Waals surface area contributed by atoms with Crippen LogP contribution in [0.25, 0.3) is 0 Å². The fourth-order valence-corrected chi connectivity index (χ4v) is 2.46. The van der Waals surface area contributed by atoms with Gasteiger partial charge in [0.05, 0.1) is 15.4 Å². The van der Waals surface area contributed by atoms with Crippen molar-refractivity contribution in [2.45, 2.75) is 19.1 Å². The highest BCUT2D eigenvalue weighted by molar-refractivity contribution is 9.11. The molecule has 0 bridgehead atoms. The number of nitrogens with one attached hydrogen (secondary N) is 1. The van der Waals surface area contributed by atoms with Gasteiger partial charge in [0.25, 0.3) is 0 Å². The molecule has 0 unspecified atom stereocenters. The molecule has 2 N–H and O–H groups in total. The minimum absolute atomic E-state index is 0.0732. The topological polar surface area (TPSA) is 32.3 Å². The molecule has 0 aromatic heterocycles. The molecule has 0 radical (unpaired) electrons. The van der Waals surface area contributed by atoms with Crippen LogP contribution in [0.5, 0.6) is 5.75 Å². The first-order valence-electron chi connectivity index (χ1n) is 4.74. The monoisotopic (exact) mass is 375 g/mol. The summed E-state index contributed by atoms with van der Waals surface area (Å²) in [6, 6.07) is 3.31. The van der Waals surface area contributed by atoms with Crippen LogP contribution in [0.2, 0.25) is 0 Å². The van der Waals surface area contributed by atoms with E-state index in [1.54, 1.807) is 12.1 Å². The second-order valence-corrected chi connectivity index (χ2v) is 5.16. The van der Waals surface area contributed by atoms with Crippen LogP contribution >= 0.6 is 31.9 Å². The Kier molecular flexibility index (Phi) is 5.27. The van der Waals surface area contributed by atoms with E-state index in [4.69, 9.17) is 0 Å². The van der Waals surface area contributed by atoms with E-state index >= 15 is 0 Å². The largest absolute Gasteiger partial charge is 0.506 e. The minimum atomic E-state index is -4.14. The highest BCUT2D eigenvalue weighted by Crippen LogP contribution is 2.33. The van der Waals surface area contributed by atoms with Crippen LogP contribution < -0.4 is 5.32 Å². The standard InChI is InChI=1S/C10H10Br2F3NO/c11-7-3-6(4-8(12)9(7)17)5-16-2-1-10(13,14)15/h3-4,16-17H,1-2,5H2. The number of phenols is 1. The van der Waals surface area contributed by atoms with Gasteiger partial charge < -0.3 is 10.4 Å². The highest BCUT2D eigenvalue weighted by Gasteiger charge is 2.25. The lowest BCUT2D eigenvalue weighted by molar-refractivity contribution is -0.133. The summed E-state index contributed by atoms with van der Waals surface area (Å²) in [4.78, 5) is 0. The molecule has 0 amide bonds. The first-order valence-corrected chi connectivity index (χ1v) is 6.32. The summed E-state index contributed by atoms with van der Waals surface area (Å²) < 4.78 is 36.6. The van der Waals surface area contributed by atoms with E-state index in [1.807, 2.05) is 0 Å². The molecule has 1 rings (SSSR count). The SMILES string of the molecule is Oc1c(Br)cc(CNCCC(F)(F)F)cc1Br. The summed E-state index contributed by atoms with van der Waals surface area (Å²) in [6.07, 6.45) is -4.99. The molecule has 0 aliphatic heterocycles. The summed E-state index contributed by atoms with van der Waals surface area (Å²) in [5.41, 5.74) is 0.781. The third-order valence-electron chi connectivity index (χ3n) is 1.99. The van der Waals surface area contributed by atoms with Crippen molar-refractivity contribution < 1.29 is 18.3 Å². The quantitative estimate of drug-likeness (QED) is 0.779. The zero-order valence-electron chi connectivity index (χ0n) is 8.61. The Bertz CT molecular complexity index is 373. The average Bonchev–Trinajstić information content (AvgIpc) is 2.19. The maximum absolute atomic E-state index is 11.9. The number of benzene rings is 1. The van der Waals surface area contributed by atoms with Crippen molar-refractivity contribution in [1.29, 1.82) is 0 Å². The lowest BCUT2D eigenvalue weighted by atomic mass is 10.2. The molecule has 96 valence electrons. The van der Waals surface area contributed by atoms with Crippen LogP contribution in [-0.2, 0) is 6.54 Å². The fraction of sp³-hybridized carbons (Fsp3) is 0.400. The molecule has 1 aromatic rings. The van der Waals surface area contributed by atoms with E-state index in [0.717, 1.165) is 5.56 Å². The first-order chi connectivity index (χ1) is 7.79. The number of hydrogen-bond donors (Lipinski definition) is 2. The van der Waals surface area contributed by atoms with Gasteiger partial charge in [0.15, 0.2) is 0 Å². The maximum atomic E-state index is 11.9. The molecule has 0 heterocycles. The van der Waals surface area contributed by atoms with Gasteiger partial charge in [0.2, 0.25) is 0 Å². The lowest BCUT2D eigenvalue weighted by Gasteiger charge is -2.09. The van der Waals surface area contributed by atoms with E-state index in [9.17, 15) is 18.3 Å². The molecule has 0 atom stereocenters. The third kappa shape index (κ3) is 5.27. The number of rotatable bonds is 4. The van der Waals surface area contributed by atoms with E-state index < -0.39 is 12.6 Å². The van der Waals surface area contributed by atoms with Gasteiger partial charge in [-0.05, 0) is 49.6 Å². The molecule has 0 fully saturated rings. The molecule has 0 saturated heterocycles. The summed E-state index contributed by atoms with van der Waals surface area (Å²) in [7, 11) is 0. The second kappa shape index (κ2) is 6.06. The zero-order valence-corrected chi connectivity index (χ0v) is 11.8. The van der Waals surface area contributed by atoms with Crippen molar-refractivity contribution in [3.05, 3.63) is 26.6 Å². The zero-order chi connectivity index (χ0) is 13.1. The number of phenolic OH excluding ortho intramolecular Hbond substituents is 1.